The molecule has 29 heavy (non-hydrogen) atoms. The highest BCUT2D eigenvalue weighted by molar-refractivity contribution is 6.31. The first-order chi connectivity index (χ1) is 13.8. The number of hydrogen-bond acceptors (Lipinski definition) is 4. The summed E-state index contributed by atoms with van der Waals surface area (Å²) >= 11 is 5.92. The summed E-state index contributed by atoms with van der Waals surface area (Å²) in [6, 6.07) is 12.2. The molecule has 2 aromatic carbocycles. The Balaban J connectivity index is 1.60. The van der Waals surface area contributed by atoms with Crippen molar-refractivity contribution < 1.29 is 19.1 Å². The third-order valence-corrected chi connectivity index (χ3v) is 4.25. The predicted molar refractivity (Wildman–Crippen MR) is 109 cm³/mol. The molecule has 2 rings (SSSR count). The summed E-state index contributed by atoms with van der Waals surface area (Å²) in [5.74, 6) is -0.638. The molecule has 154 valence electrons. The molecule has 4 N–H and O–H groups in total. The van der Waals surface area contributed by atoms with Crippen molar-refractivity contribution in [2.45, 2.75) is 20.4 Å². The average molecular weight is 419 g/mol. The smallest absolute Gasteiger partial charge is 0.315 e. The van der Waals surface area contributed by atoms with Crippen molar-refractivity contribution >= 4 is 29.4 Å². The summed E-state index contributed by atoms with van der Waals surface area (Å²) in [6.07, 6.45) is 0. The van der Waals surface area contributed by atoms with Crippen LogP contribution in [0.3, 0.4) is 0 Å². The molecule has 0 aliphatic heterocycles. The van der Waals surface area contributed by atoms with Gasteiger partial charge in [-0.05, 0) is 43.2 Å². The molecule has 0 spiro atoms. The van der Waals surface area contributed by atoms with Crippen LogP contribution in [0, 0.1) is 13.8 Å². The van der Waals surface area contributed by atoms with Gasteiger partial charge in [-0.25, -0.2) is 4.79 Å². The number of rotatable bonds is 7. The molecule has 0 aliphatic rings. The summed E-state index contributed by atoms with van der Waals surface area (Å²) in [7, 11) is 0. The van der Waals surface area contributed by atoms with Crippen molar-refractivity contribution in [1.82, 2.24) is 21.5 Å². The zero-order valence-corrected chi connectivity index (χ0v) is 16.9. The molecule has 2 aromatic rings. The number of benzene rings is 2. The average Bonchev–Trinajstić information content (AvgIpc) is 2.71. The van der Waals surface area contributed by atoms with Crippen LogP contribution in [0.2, 0.25) is 5.02 Å². The molecule has 8 nitrogen and oxygen atoms in total. The number of amides is 4. The van der Waals surface area contributed by atoms with Crippen molar-refractivity contribution in [3.05, 3.63) is 64.2 Å². The molecule has 0 atom stereocenters. The van der Waals surface area contributed by atoms with E-state index in [1.54, 1.807) is 18.2 Å². The molecular weight excluding hydrogens is 396 g/mol. The number of ether oxygens (including phenoxy) is 1. The fourth-order valence-electron chi connectivity index (χ4n) is 2.19. The van der Waals surface area contributed by atoms with E-state index in [0.717, 1.165) is 16.7 Å². The molecule has 0 unspecified atom stereocenters. The number of hydrogen-bond donors (Lipinski definition) is 4. The molecule has 0 heterocycles. The van der Waals surface area contributed by atoms with Crippen molar-refractivity contribution in [2.75, 3.05) is 13.2 Å². The van der Waals surface area contributed by atoms with Crippen LogP contribution in [-0.4, -0.2) is 31.0 Å². The number of aryl methyl sites for hydroxylation is 2. The molecule has 0 fully saturated rings. The second kappa shape index (κ2) is 10.9. The second-order valence-electron chi connectivity index (χ2n) is 6.32. The van der Waals surface area contributed by atoms with Crippen LogP contribution in [0.1, 0.15) is 16.7 Å². The van der Waals surface area contributed by atoms with E-state index in [2.05, 4.69) is 21.5 Å². The van der Waals surface area contributed by atoms with Gasteiger partial charge in [0.05, 0.1) is 0 Å². The molecule has 0 radical (unpaired) electrons. The van der Waals surface area contributed by atoms with E-state index in [1.165, 1.54) is 0 Å². The monoisotopic (exact) mass is 418 g/mol. The molecule has 9 heteroatoms. The Hall–Kier alpha value is -3.26. The first-order valence-electron chi connectivity index (χ1n) is 8.87. The van der Waals surface area contributed by atoms with Crippen LogP contribution < -0.4 is 26.2 Å². The topological polar surface area (TPSA) is 109 Å². The Morgan fingerprint density at radius 1 is 0.931 bits per heavy atom. The van der Waals surface area contributed by atoms with Crippen LogP contribution in [0.25, 0.3) is 0 Å². The fraction of sp³-hybridized carbons (Fsp3) is 0.250. The van der Waals surface area contributed by atoms with Crippen molar-refractivity contribution in [1.29, 1.82) is 0 Å². The highest BCUT2D eigenvalue weighted by Gasteiger charge is 2.08. The van der Waals surface area contributed by atoms with E-state index in [0.29, 0.717) is 17.3 Å². The van der Waals surface area contributed by atoms with E-state index >= 15 is 0 Å². The molecule has 0 saturated carbocycles. The van der Waals surface area contributed by atoms with E-state index in [1.807, 2.05) is 38.1 Å². The Kier molecular flexibility index (Phi) is 8.29. The highest BCUT2D eigenvalue weighted by atomic mass is 35.5. The Bertz CT molecular complexity index is 871. The van der Waals surface area contributed by atoms with Gasteiger partial charge in [0.15, 0.2) is 6.61 Å². The van der Waals surface area contributed by atoms with Crippen LogP contribution in [-0.2, 0) is 16.1 Å². The lowest BCUT2D eigenvalue weighted by Gasteiger charge is -2.10. The molecule has 0 aliphatic carbocycles. The van der Waals surface area contributed by atoms with Gasteiger partial charge in [-0.15, -0.1) is 0 Å². The normalized spacial score (nSPS) is 10.0. The molecule has 4 amide bonds. The molecule has 0 bridgehead atoms. The Labute approximate surface area is 173 Å². The molecule has 0 saturated heterocycles. The first kappa shape index (κ1) is 22.0. The van der Waals surface area contributed by atoms with Crippen molar-refractivity contribution in [3.63, 3.8) is 0 Å². The summed E-state index contributed by atoms with van der Waals surface area (Å²) in [4.78, 5) is 35.1. The number of hydrazine groups is 1. The van der Waals surface area contributed by atoms with Gasteiger partial charge in [0.2, 0.25) is 0 Å². The third-order valence-electron chi connectivity index (χ3n) is 3.82. The van der Waals surface area contributed by atoms with E-state index in [-0.39, 0.29) is 13.2 Å². The quantitative estimate of drug-likeness (QED) is 0.515. The summed E-state index contributed by atoms with van der Waals surface area (Å²) in [5, 5.41) is 5.64. The van der Waals surface area contributed by atoms with Gasteiger partial charge >= 0.3 is 6.03 Å². The van der Waals surface area contributed by atoms with E-state index < -0.39 is 17.8 Å². The standard InChI is InChI=1S/C20H23ClN4O4/c1-13-3-5-15(6-4-13)10-22-20(28)23-11-18(26)24-25-19(27)12-29-16-7-8-17(21)14(2)9-16/h3-9H,10-12H2,1-2H3,(H,24,26)(H,25,27)(H2,22,23,28). The lowest BCUT2D eigenvalue weighted by Crippen LogP contribution is -2.49. The zero-order valence-electron chi connectivity index (χ0n) is 16.2. The number of carbonyl (C=O) groups is 3. The summed E-state index contributed by atoms with van der Waals surface area (Å²) in [6.45, 7) is 3.56. The van der Waals surface area contributed by atoms with Crippen molar-refractivity contribution in [2.24, 2.45) is 0 Å². The predicted octanol–water partition coefficient (Wildman–Crippen LogP) is 1.98. The van der Waals surface area contributed by atoms with Gasteiger partial charge in [-0.1, -0.05) is 41.4 Å². The molecular formula is C20H23ClN4O4. The maximum Gasteiger partial charge on any atom is 0.315 e. The lowest BCUT2D eigenvalue weighted by molar-refractivity contribution is -0.129. The summed E-state index contributed by atoms with van der Waals surface area (Å²) in [5.41, 5.74) is 7.29. The second-order valence-corrected chi connectivity index (χ2v) is 6.73. The Morgan fingerprint density at radius 2 is 1.62 bits per heavy atom. The number of carbonyl (C=O) groups excluding carboxylic acids is 3. The largest absolute Gasteiger partial charge is 0.484 e. The van der Waals surface area contributed by atoms with Crippen LogP contribution >= 0.6 is 11.6 Å². The minimum Gasteiger partial charge on any atom is -0.484 e. The van der Waals surface area contributed by atoms with Crippen LogP contribution in [0.4, 0.5) is 4.79 Å². The lowest BCUT2D eigenvalue weighted by atomic mass is 10.1. The highest BCUT2D eigenvalue weighted by Crippen LogP contribution is 2.20. The van der Waals surface area contributed by atoms with Crippen LogP contribution in [0.5, 0.6) is 5.75 Å². The van der Waals surface area contributed by atoms with Gasteiger partial charge in [-0.2, -0.15) is 0 Å². The van der Waals surface area contributed by atoms with Crippen LogP contribution in [0.15, 0.2) is 42.5 Å². The van der Waals surface area contributed by atoms with E-state index in [9.17, 15) is 14.4 Å². The van der Waals surface area contributed by atoms with Gasteiger partial charge in [0, 0.05) is 11.6 Å². The van der Waals surface area contributed by atoms with Gasteiger partial charge in [0.1, 0.15) is 12.3 Å². The maximum atomic E-state index is 11.7. The van der Waals surface area contributed by atoms with Gasteiger partial charge in [-0.3, -0.25) is 20.4 Å². The fourth-order valence-corrected chi connectivity index (χ4v) is 2.30. The first-order valence-corrected chi connectivity index (χ1v) is 9.25. The van der Waals surface area contributed by atoms with Gasteiger partial charge < -0.3 is 15.4 Å². The maximum absolute atomic E-state index is 11.7. The Morgan fingerprint density at radius 3 is 2.31 bits per heavy atom. The minimum atomic E-state index is -0.578. The molecule has 0 aromatic heterocycles. The third kappa shape index (κ3) is 8.10. The van der Waals surface area contributed by atoms with Gasteiger partial charge in [0.25, 0.3) is 11.8 Å². The number of urea groups is 1. The van der Waals surface area contributed by atoms with Crippen molar-refractivity contribution in [3.8, 4) is 5.75 Å². The zero-order chi connectivity index (χ0) is 21.2. The summed E-state index contributed by atoms with van der Waals surface area (Å²) < 4.78 is 5.31. The minimum absolute atomic E-state index is 0.286. The van der Waals surface area contributed by atoms with E-state index in [4.69, 9.17) is 16.3 Å². The SMILES string of the molecule is Cc1ccc(CNC(=O)NCC(=O)NNC(=O)COc2ccc(Cl)c(C)c2)cc1. The number of halogens is 1. The number of nitrogens with one attached hydrogen (secondary N) is 4.